The van der Waals surface area contributed by atoms with Crippen molar-refractivity contribution in [3.63, 3.8) is 0 Å². The van der Waals surface area contributed by atoms with Gasteiger partial charge in [-0.3, -0.25) is 9.59 Å². The van der Waals surface area contributed by atoms with E-state index in [-0.39, 0.29) is 25.9 Å². The molecule has 2 N–H and O–H groups in total. The lowest BCUT2D eigenvalue weighted by Gasteiger charge is -2.25. The number of allylic oxidation sites excluding steroid dienone is 2. The van der Waals surface area contributed by atoms with E-state index >= 15 is 0 Å². The largest absolute Gasteiger partial charge is 0.481 e. The summed E-state index contributed by atoms with van der Waals surface area (Å²) in [4.78, 5) is 27.7. The number of fused-ring (bicyclic) bond motifs is 2. The van der Waals surface area contributed by atoms with Crippen molar-refractivity contribution in [3.8, 4) is 0 Å². The third kappa shape index (κ3) is 11.0. The third-order valence-corrected chi connectivity index (χ3v) is 10.8. The number of nitrogens with zero attached hydrogens (tertiary/aromatic N) is 4. The van der Waals surface area contributed by atoms with E-state index < -0.39 is 11.9 Å². The lowest BCUT2D eigenvalue weighted by molar-refractivity contribution is -0.674. The van der Waals surface area contributed by atoms with Crippen molar-refractivity contribution in [1.82, 2.24) is 4.57 Å². The van der Waals surface area contributed by atoms with Gasteiger partial charge < -0.3 is 20.0 Å². The van der Waals surface area contributed by atoms with Crippen LogP contribution in [0, 0.1) is 0 Å². The molecule has 2 heterocycles. The van der Waals surface area contributed by atoms with Gasteiger partial charge in [-0.2, -0.15) is 0 Å². The summed E-state index contributed by atoms with van der Waals surface area (Å²) in [5, 5.41) is 21.0. The van der Waals surface area contributed by atoms with Crippen molar-refractivity contribution in [2.45, 2.75) is 117 Å². The van der Waals surface area contributed by atoms with Gasteiger partial charge in [-0.25, -0.2) is 9.13 Å². The Morgan fingerprint density at radius 3 is 1.78 bits per heavy atom. The topological polar surface area (TPSA) is 89.9 Å². The van der Waals surface area contributed by atoms with Crippen molar-refractivity contribution in [1.29, 1.82) is 0 Å². The molecule has 0 saturated heterocycles. The van der Waals surface area contributed by atoms with Crippen LogP contribution in [-0.2, 0) is 22.7 Å². The molecule has 0 saturated carbocycles. The molecule has 0 atom stereocenters. The molecule has 12 heteroatoms. The molecule has 3 aromatic rings. The normalized spacial score (nSPS) is 13.7. The molecule has 0 bridgehead atoms. The molecule has 2 aromatic carbocycles. The fraction of sp³-hybridized carbons (Fsp3) is 0.513. The Bertz CT molecular complexity index is 1720. The minimum atomic E-state index is -0.892. The number of halogens is 4. The molecule has 278 valence electrons. The number of aryl methyl sites for hydroxylation is 2. The van der Waals surface area contributed by atoms with Crippen LogP contribution < -0.4 is 14.4 Å². The highest BCUT2D eigenvalue weighted by Gasteiger charge is 2.32. The van der Waals surface area contributed by atoms with Gasteiger partial charge in [-0.15, -0.1) is 0 Å². The summed E-state index contributed by atoms with van der Waals surface area (Å²) >= 11 is 26.1. The predicted octanol–water partition coefficient (Wildman–Crippen LogP) is 11.4. The number of aliphatic carboxylic acids is 2. The van der Waals surface area contributed by atoms with E-state index in [9.17, 15) is 19.8 Å². The van der Waals surface area contributed by atoms with E-state index in [0.29, 0.717) is 20.1 Å². The number of imidazole rings is 1. The average Bonchev–Trinajstić information content (AvgIpc) is 3.52. The van der Waals surface area contributed by atoms with Gasteiger partial charge in [0, 0.05) is 31.3 Å². The summed E-state index contributed by atoms with van der Waals surface area (Å²) in [6, 6.07) is 7.35. The van der Waals surface area contributed by atoms with E-state index in [0.717, 1.165) is 85.7 Å². The Hall–Kier alpha value is -2.91. The lowest BCUT2D eigenvalue weighted by Crippen LogP contribution is -2.36. The molecule has 0 fully saturated rings. The highest BCUT2D eigenvalue weighted by molar-refractivity contribution is 6.43. The van der Waals surface area contributed by atoms with Crippen molar-refractivity contribution < 1.29 is 24.4 Å². The van der Waals surface area contributed by atoms with Crippen LogP contribution in [0.4, 0.5) is 11.4 Å². The van der Waals surface area contributed by atoms with E-state index in [1.165, 1.54) is 38.5 Å². The van der Waals surface area contributed by atoms with Crippen molar-refractivity contribution in [3.05, 3.63) is 68.2 Å². The first-order chi connectivity index (χ1) is 24.6. The maximum Gasteiger partial charge on any atom is 0.307 e. The fourth-order valence-corrected chi connectivity index (χ4v) is 7.37. The van der Waals surface area contributed by atoms with Crippen LogP contribution >= 0.6 is 46.4 Å². The van der Waals surface area contributed by atoms with E-state index in [1.807, 2.05) is 52.0 Å². The zero-order chi connectivity index (χ0) is 36.9. The number of unbranched alkanes of at least 4 members (excludes halogenated alkanes) is 10. The Morgan fingerprint density at radius 2 is 1.18 bits per heavy atom. The minimum absolute atomic E-state index is 0.0607. The summed E-state index contributed by atoms with van der Waals surface area (Å²) < 4.78 is 4.20. The highest BCUT2D eigenvalue weighted by Crippen LogP contribution is 2.46. The third-order valence-electron chi connectivity index (χ3n) is 9.36. The van der Waals surface area contributed by atoms with Gasteiger partial charge in [0.2, 0.25) is 0 Å². The summed E-state index contributed by atoms with van der Waals surface area (Å²) in [6.07, 6.45) is 19.4. The fourth-order valence-electron chi connectivity index (χ4n) is 6.74. The molecule has 1 aliphatic heterocycles. The predicted molar refractivity (Wildman–Crippen MR) is 212 cm³/mol. The molecule has 0 amide bonds. The van der Waals surface area contributed by atoms with Crippen LogP contribution in [0.25, 0.3) is 17.1 Å². The molecule has 0 aliphatic carbocycles. The molecule has 51 heavy (non-hydrogen) atoms. The van der Waals surface area contributed by atoms with Gasteiger partial charge in [0.05, 0.1) is 50.9 Å². The van der Waals surface area contributed by atoms with Gasteiger partial charge in [-0.1, -0.05) is 124 Å². The molecule has 0 unspecified atom stereocenters. The number of anilines is 2. The SMILES string of the molecule is CCCCCCCCN1/C(=C\C=C\c2n(CCC(=O)O)c3cc(Cl)c(Cl)cc3[n+]2CCCCCCCC)N(CCC(=O)O)c2cc(Cl)c(Cl)cc21. The van der Waals surface area contributed by atoms with Gasteiger partial charge in [0.1, 0.15) is 12.4 Å². The Kier molecular flexibility index (Phi) is 16.3. The van der Waals surface area contributed by atoms with Crippen LogP contribution in [0.2, 0.25) is 20.1 Å². The van der Waals surface area contributed by atoms with Crippen LogP contribution in [-0.4, -0.2) is 39.8 Å². The number of rotatable bonds is 22. The Balaban J connectivity index is 1.78. The summed E-state index contributed by atoms with van der Waals surface area (Å²) in [6.45, 7) is 6.38. The van der Waals surface area contributed by atoms with Gasteiger partial charge in [0.15, 0.2) is 11.0 Å². The molecule has 0 spiro atoms. The maximum atomic E-state index is 11.8. The Labute approximate surface area is 322 Å². The smallest absolute Gasteiger partial charge is 0.307 e. The van der Waals surface area contributed by atoms with E-state index in [4.69, 9.17) is 46.4 Å². The quantitative estimate of drug-likeness (QED) is 0.0779. The van der Waals surface area contributed by atoms with Crippen LogP contribution in [0.5, 0.6) is 0 Å². The molecular formula is C39H51Cl4N4O4+. The first-order valence-corrected chi connectivity index (χ1v) is 19.9. The standard InChI is InChI=1S/C39H50Cl4N4O4/c1-3-5-7-9-11-13-20-44-32-24-28(40)30(42)26-34(32)46(22-18-38(48)49)36(44)16-15-17-37-45(21-14-12-10-8-6-4-2)33-25-29(41)31(43)27-35(33)47(37)23-19-39(50)51/h15-17,24-27H,3-14,18-23H2,1-2H3,(H-,48,49,50,51)/p+1. The first kappa shape index (κ1) is 40.9. The number of carbonyl (C=O) groups is 2. The Morgan fingerprint density at radius 1 is 0.667 bits per heavy atom. The lowest BCUT2D eigenvalue weighted by atomic mass is 10.1. The van der Waals surface area contributed by atoms with Crippen molar-refractivity contribution in [2.24, 2.45) is 0 Å². The van der Waals surface area contributed by atoms with Gasteiger partial charge in [0.25, 0.3) is 5.82 Å². The monoisotopic (exact) mass is 779 g/mol. The molecule has 4 rings (SSSR count). The second-order valence-electron chi connectivity index (χ2n) is 13.2. The molecular weight excluding hydrogens is 730 g/mol. The van der Waals surface area contributed by atoms with Gasteiger partial charge in [-0.05, 0) is 37.5 Å². The van der Waals surface area contributed by atoms with E-state index in [2.05, 4.69) is 23.3 Å². The number of carboxylic acids is 2. The zero-order valence-electron chi connectivity index (χ0n) is 29.8. The number of benzene rings is 2. The molecule has 1 aromatic heterocycles. The van der Waals surface area contributed by atoms with Crippen molar-refractivity contribution in [2.75, 3.05) is 22.9 Å². The molecule has 8 nitrogen and oxygen atoms in total. The highest BCUT2D eigenvalue weighted by atomic mass is 35.5. The molecule has 1 aliphatic rings. The second kappa shape index (κ2) is 20.4. The number of aromatic nitrogens is 2. The van der Waals surface area contributed by atoms with E-state index in [1.54, 1.807) is 0 Å². The van der Waals surface area contributed by atoms with Crippen LogP contribution in [0.3, 0.4) is 0 Å². The molecule has 0 radical (unpaired) electrons. The number of hydrogen-bond donors (Lipinski definition) is 2. The number of carboxylic acid groups (broad SMARTS) is 2. The van der Waals surface area contributed by atoms with Crippen LogP contribution in [0.1, 0.15) is 110 Å². The summed E-state index contributed by atoms with van der Waals surface area (Å²) in [5.74, 6) is -0.124. The first-order valence-electron chi connectivity index (χ1n) is 18.3. The zero-order valence-corrected chi connectivity index (χ0v) is 32.8. The minimum Gasteiger partial charge on any atom is -0.481 e. The van der Waals surface area contributed by atoms with Crippen LogP contribution in [0.15, 0.2) is 42.2 Å². The second-order valence-corrected chi connectivity index (χ2v) is 14.8. The average molecular weight is 782 g/mol. The summed E-state index contributed by atoms with van der Waals surface area (Å²) in [5.41, 5.74) is 3.41. The van der Waals surface area contributed by atoms with Crippen molar-refractivity contribution >= 4 is 86.8 Å². The maximum absolute atomic E-state index is 11.8. The summed E-state index contributed by atoms with van der Waals surface area (Å²) in [7, 11) is 0. The van der Waals surface area contributed by atoms with Gasteiger partial charge >= 0.3 is 11.9 Å². The number of hydrogen-bond acceptors (Lipinski definition) is 4.